The number of hydrogen-bond donors (Lipinski definition) is 0. The lowest BCUT2D eigenvalue weighted by Gasteiger charge is -2.18. The van der Waals surface area contributed by atoms with Crippen LogP contribution in [0.1, 0.15) is 12.5 Å². The first-order valence-electron chi connectivity index (χ1n) is 4.79. The molecule has 0 N–H and O–H groups in total. The molecule has 0 saturated carbocycles. The van der Waals surface area contributed by atoms with Gasteiger partial charge in [0.2, 0.25) is 0 Å². The fourth-order valence-electron chi connectivity index (χ4n) is 1.32. The zero-order chi connectivity index (χ0) is 10.4. The Hall–Kier alpha value is -0.0500. The molecule has 0 bridgehead atoms. The van der Waals surface area contributed by atoms with Gasteiger partial charge in [0.05, 0.1) is 0 Å². The largest absolute Gasteiger partial charge is 0.299 e. The molecule has 1 aromatic rings. The minimum Gasteiger partial charge on any atom is -0.299 e. The van der Waals surface area contributed by atoms with Crippen molar-refractivity contribution in [2.24, 2.45) is 0 Å². The van der Waals surface area contributed by atoms with E-state index in [2.05, 4.69) is 39.9 Å². The molecule has 0 aliphatic carbocycles. The summed E-state index contributed by atoms with van der Waals surface area (Å²) in [6.45, 7) is 5.34. The molecule has 1 nitrogen and oxygen atoms in total. The van der Waals surface area contributed by atoms with Crippen LogP contribution in [0.4, 0.5) is 0 Å². The van der Waals surface area contributed by atoms with E-state index < -0.39 is 0 Å². The minimum absolute atomic E-state index is 0.803. The summed E-state index contributed by atoms with van der Waals surface area (Å²) in [6, 6.07) is 8.05. The third-order valence-electron chi connectivity index (χ3n) is 2.17. The Morgan fingerprint density at radius 3 is 2.43 bits per heavy atom. The SMILES string of the molecule is CCN(CCBr)Cc1ccc(Cl)cc1. The molecular formula is C11H15BrClN. The van der Waals surface area contributed by atoms with E-state index >= 15 is 0 Å². The molecule has 0 atom stereocenters. The summed E-state index contributed by atoms with van der Waals surface area (Å²) in [7, 11) is 0. The van der Waals surface area contributed by atoms with Gasteiger partial charge in [-0.15, -0.1) is 0 Å². The van der Waals surface area contributed by atoms with E-state index in [1.807, 2.05) is 12.1 Å². The summed E-state index contributed by atoms with van der Waals surface area (Å²) >= 11 is 9.28. The second-order valence-electron chi connectivity index (χ2n) is 3.18. The van der Waals surface area contributed by atoms with Crippen molar-refractivity contribution in [3.8, 4) is 0 Å². The van der Waals surface area contributed by atoms with Crippen molar-refractivity contribution in [3.63, 3.8) is 0 Å². The Bertz CT molecular complexity index is 260. The van der Waals surface area contributed by atoms with Crippen LogP contribution in [-0.4, -0.2) is 23.3 Å². The van der Waals surface area contributed by atoms with Gasteiger partial charge in [-0.1, -0.05) is 46.6 Å². The van der Waals surface area contributed by atoms with E-state index in [1.165, 1.54) is 5.56 Å². The van der Waals surface area contributed by atoms with Crippen molar-refractivity contribution in [1.82, 2.24) is 4.90 Å². The van der Waals surface area contributed by atoms with Crippen molar-refractivity contribution in [2.45, 2.75) is 13.5 Å². The number of benzene rings is 1. The molecule has 1 rings (SSSR count). The molecule has 0 amide bonds. The van der Waals surface area contributed by atoms with Gasteiger partial charge >= 0.3 is 0 Å². The van der Waals surface area contributed by atoms with Crippen LogP contribution in [0, 0.1) is 0 Å². The quantitative estimate of drug-likeness (QED) is 0.743. The number of rotatable bonds is 5. The highest BCUT2D eigenvalue weighted by atomic mass is 79.9. The van der Waals surface area contributed by atoms with Gasteiger partial charge in [0.25, 0.3) is 0 Å². The van der Waals surface area contributed by atoms with Gasteiger partial charge < -0.3 is 0 Å². The average Bonchev–Trinajstić information content (AvgIpc) is 2.20. The molecule has 0 aliphatic heterocycles. The summed E-state index contributed by atoms with van der Waals surface area (Å²) in [6.07, 6.45) is 0. The summed E-state index contributed by atoms with van der Waals surface area (Å²) in [5.41, 5.74) is 1.32. The van der Waals surface area contributed by atoms with E-state index in [0.29, 0.717) is 0 Å². The van der Waals surface area contributed by atoms with Gasteiger partial charge in [-0.3, -0.25) is 4.90 Å². The molecule has 14 heavy (non-hydrogen) atoms. The number of halogens is 2. The summed E-state index contributed by atoms with van der Waals surface area (Å²) in [4.78, 5) is 2.39. The van der Waals surface area contributed by atoms with E-state index in [9.17, 15) is 0 Å². The topological polar surface area (TPSA) is 3.24 Å². The lowest BCUT2D eigenvalue weighted by Crippen LogP contribution is -2.24. The second kappa shape index (κ2) is 6.44. The maximum absolute atomic E-state index is 5.82. The summed E-state index contributed by atoms with van der Waals surface area (Å²) in [5, 5.41) is 1.83. The van der Waals surface area contributed by atoms with Crippen molar-refractivity contribution >= 4 is 27.5 Å². The summed E-state index contributed by atoms with van der Waals surface area (Å²) in [5.74, 6) is 0. The lowest BCUT2D eigenvalue weighted by molar-refractivity contribution is 0.299. The molecule has 0 fully saturated rings. The minimum atomic E-state index is 0.803. The van der Waals surface area contributed by atoms with Gasteiger partial charge in [-0.05, 0) is 24.2 Å². The van der Waals surface area contributed by atoms with Gasteiger partial charge in [-0.2, -0.15) is 0 Å². The smallest absolute Gasteiger partial charge is 0.0406 e. The molecule has 1 aromatic carbocycles. The highest BCUT2D eigenvalue weighted by Gasteiger charge is 2.01. The summed E-state index contributed by atoms with van der Waals surface area (Å²) < 4.78 is 0. The first-order chi connectivity index (χ1) is 6.76. The molecule has 0 heterocycles. The Morgan fingerprint density at radius 1 is 1.29 bits per heavy atom. The molecule has 0 unspecified atom stereocenters. The Balaban J connectivity index is 2.53. The van der Waals surface area contributed by atoms with E-state index in [1.54, 1.807) is 0 Å². The van der Waals surface area contributed by atoms with Crippen LogP contribution < -0.4 is 0 Å². The van der Waals surface area contributed by atoms with Crippen LogP contribution >= 0.6 is 27.5 Å². The Labute approximate surface area is 99.2 Å². The van der Waals surface area contributed by atoms with Crippen molar-refractivity contribution in [2.75, 3.05) is 18.4 Å². The van der Waals surface area contributed by atoms with Crippen LogP contribution in [0.25, 0.3) is 0 Å². The zero-order valence-corrected chi connectivity index (χ0v) is 10.7. The van der Waals surface area contributed by atoms with Crippen LogP contribution in [0.2, 0.25) is 5.02 Å². The van der Waals surface area contributed by atoms with Crippen LogP contribution in [0.5, 0.6) is 0 Å². The molecular weight excluding hydrogens is 261 g/mol. The maximum atomic E-state index is 5.82. The number of nitrogens with zero attached hydrogens (tertiary/aromatic N) is 1. The lowest BCUT2D eigenvalue weighted by atomic mass is 10.2. The molecule has 0 aliphatic rings. The third kappa shape index (κ3) is 3.99. The average molecular weight is 277 g/mol. The predicted molar refractivity (Wildman–Crippen MR) is 66.2 cm³/mol. The second-order valence-corrected chi connectivity index (χ2v) is 4.41. The van der Waals surface area contributed by atoms with Gasteiger partial charge in [0.15, 0.2) is 0 Å². The van der Waals surface area contributed by atoms with E-state index in [0.717, 1.165) is 30.0 Å². The van der Waals surface area contributed by atoms with Crippen LogP contribution in [-0.2, 0) is 6.54 Å². The Kier molecular flexibility index (Phi) is 5.53. The van der Waals surface area contributed by atoms with Crippen molar-refractivity contribution in [1.29, 1.82) is 0 Å². The molecule has 0 saturated heterocycles. The highest BCUT2D eigenvalue weighted by molar-refractivity contribution is 9.09. The molecule has 0 radical (unpaired) electrons. The third-order valence-corrected chi connectivity index (χ3v) is 2.77. The number of alkyl halides is 1. The predicted octanol–water partition coefficient (Wildman–Crippen LogP) is 3.56. The standard InChI is InChI=1S/C11H15BrClN/c1-2-14(8-7-12)9-10-3-5-11(13)6-4-10/h3-6H,2,7-9H2,1H3. The highest BCUT2D eigenvalue weighted by Crippen LogP contribution is 2.11. The number of hydrogen-bond acceptors (Lipinski definition) is 1. The maximum Gasteiger partial charge on any atom is 0.0406 e. The molecule has 0 spiro atoms. The zero-order valence-electron chi connectivity index (χ0n) is 8.34. The fraction of sp³-hybridized carbons (Fsp3) is 0.455. The van der Waals surface area contributed by atoms with Crippen molar-refractivity contribution < 1.29 is 0 Å². The molecule has 0 aromatic heterocycles. The Morgan fingerprint density at radius 2 is 1.93 bits per heavy atom. The first kappa shape index (κ1) is 12.0. The van der Waals surface area contributed by atoms with Crippen molar-refractivity contribution in [3.05, 3.63) is 34.9 Å². The molecule has 78 valence electrons. The van der Waals surface area contributed by atoms with E-state index in [-0.39, 0.29) is 0 Å². The normalized spacial score (nSPS) is 10.9. The van der Waals surface area contributed by atoms with Crippen LogP contribution in [0.15, 0.2) is 24.3 Å². The van der Waals surface area contributed by atoms with Gasteiger partial charge in [-0.25, -0.2) is 0 Å². The monoisotopic (exact) mass is 275 g/mol. The van der Waals surface area contributed by atoms with Gasteiger partial charge in [0.1, 0.15) is 0 Å². The van der Waals surface area contributed by atoms with E-state index in [4.69, 9.17) is 11.6 Å². The fourth-order valence-corrected chi connectivity index (χ4v) is 1.94. The van der Waals surface area contributed by atoms with Gasteiger partial charge in [0, 0.05) is 23.4 Å². The van der Waals surface area contributed by atoms with Crippen LogP contribution in [0.3, 0.4) is 0 Å². The molecule has 3 heteroatoms. The first-order valence-corrected chi connectivity index (χ1v) is 6.29.